The van der Waals surface area contributed by atoms with E-state index in [1.165, 1.54) is 29.2 Å². The van der Waals surface area contributed by atoms with Crippen molar-refractivity contribution in [3.63, 3.8) is 0 Å². The van der Waals surface area contributed by atoms with E-state index in [9.17, 15) is 0 Å². The number of furan rings is 1. The number of benzene rings is 2. The number of fused-ring (bicyclic) bond motifs is 3. The predicted molar refractivity (Wildman–Crippen MR) is 65.7 cm³/mol. The SMILES string of the molecule is c1ccc2c(c1)oc1c(C3CC3)cccc12. The fourth-order valence-corrected chi connectivity index (χ4v) is 2.48. The minimum absolute atomic E-state index is 0.740. The molecule has 1 aliphatic carbocycles. The van der Waals surface area contributed by atoms with Crippen molar-refractivity contribution in [2.75, 3.05) is 0 Å². The van der Waals surface area contributed by atoms with Crippen molar-refractivity contribution in [3.8, 4) is 0 Å². The third-order valence-electron chi connectivity index (χ3n) is 3.45. The van der Waals surface area contributed by atoms with Crippen LogP contribution in [0.3, 0.4) is 0 Å². The molecule has 2 aromatic carbocycles. The van der Waals surface area contributed by atoms with Crippen molar-refractivity contribution < 1.29 is 4.42 Å². The first-order valence-electron chi connectivity index (χ1n) is 5.83. The average Bonchev–Trinajstić information content (AvgIpc) is 3.09. The molecule has 0 aliphatic heterocycles. The van der Waals surface area contributed by atoms with Gasteiger partial charge in [-0.25, -0.2) is 0 Å². The lowest BCUT2D eigenvalue weighted by atomic mass is 10.1. The minimum atomic E-state index is 0.740. The Bertz CT molecular complexity index is 674. The molecule has 1 aliphatic rings. The van der Waals surface area contributed by atoms with Gasteiger partial charge in [0.2, 0.25) is 0 Å². The van der Waals surface area contributed by atoms with Crippen LogP contribution in [-0.4, -0.2) is 0 Å². The van der Waals surface area contributed by atoms with Gasteiger partial charge in [-0.05, 0) is 30.4 Å². The van der Waals surface area contributed by atoms with Gasteiger partial charge in [-0.15, -0.1) is 0 Å². The molecule has 1 saturated carbocycles. The van der Waals surface area contributed by atoms with Crippen LogP contribution in [0, 0.1) is 0 Å². The molecule has 4 rings (SSSR count). The molecule has 0 saturated heterocycles. The van der Waals surface area contributed by atoms with Gasteiger partial charge in [-0.2, -0.15) is 0 Å². The van der Waals surface area contributed by atoms with Gasteiger partial charge in [-0.1, -0.05) is 36.4 Å². The molecule has 0 bridgehead atoms. The largest absolute Gasteiger partial charge is 0.456 e. The first kappa shape index (κ1) is 8.40. The fraction of sp³-hybridized carbons (Fsp3) is 0.200. The van der Waals surface area contributed by atoms with Crippen molar-refractivity contribution in [2.24, 2.45) is 0 Å². The van der Waals surface area contributed by atoms with Crippen LogP contribution in [0.25, 0.3) is 21.9 Å². The Hall–Kier alpha value is -1.76. The van der Waals surface area contributed by atoms with E-state index in [1.807, 2.05) is 12.1 Å². The molecular formula is C15H12O. The molecule has 1 nitrogen and oxygen atoms in total. The second-order valence-electron chi connectivity index (χ2n) is 4.60. The third kappa shape index (κ3) is 1.06. The molecule has 16 heavy (non-hydrogen) atoms. The van der Waals surface area contributed by atoms with E-state index in [-0.39, 0.29) is 0 Å². The van der Waals surface area contributed by atoms with Crippen molar-refractivity contribution in [1.29, 1.82) is 0 Å². The zero-order valence-electron chi connectivity index (χ0n) is 8.94. The van der Waals surface area contributed by atoms with Crippen LogP contribution in [0.15, 0.2) is 46.9 Å². The molecule has 0 spiro atoms. The molecule has 1 heterocycles. The van der Waals surface area contributed by atoms with Crippen LogP contribution in [0.2, 0.25) is 0 Å². The molecule has 0 atom stereocenters. The summed E-state index contributed by atoms with van der Waals surface area (Å²) in [6.07, 6.45) is 2.63. The summed E-state index contributed by atoms with van der Waals surface area (Å²) in [5.74, 6) is 0.740. The first-order chi connectivity index (χ1) is 7.93. The Morgan fingerprint density at radius 1 is 0.875 bits per heavy atom. The Balaban J connectivity index is 2.18. The van der Waals surface area contributed by atoms with Crippen molar-refractivity contribution in [1.82, 2.24) is 0 Å². The standard InChI is InChI=1S/C15H12O/c1-2-7-14-12(4-1)13-6-3-5-11(10-8-9-10)15(13)16-14/h1-7,10H,8-9H2. The van der Waals surface area contributed by atoms with Gasteiger partial charge in [0.05, 0.1) is 0 Å². The Morgan fingerprint density at radius 3 is 2.56 bits per heavy atom. The van der Waals surface area contributed by atoms with E-state index in [4.69, 9.17) is 4.42 Å². The third-order valence-corrected chi connectivity index (χ3v) is 3.45. The summed E-state index contributed by atoms with van der Waals surface area (Å²) in [6.45, 7) is 0. The molecule has 1 heteroatoms. The van der Waals surface area contributed by atoms with Crippen LogP contribution in [-0.2, 0) is 0 Å². The predicted octanol–water partition coefficient (Wildman–Crippen LogP) is 4.46. The summed E-state index contributed by atoms with van der Waals surface area (Å²) in [7, 11) is 0. The lowest BCUT2D eigenvalue weighted by Gasteiger charge is -1.97. The summed E-state index contributed by atoms with van der Waals surface area (Å²) in [5.41, 5.74) is 3.51. The van der Waals surface area contributed by atoms with Crippen LogP contribution in [0.1, 0.15) is 24.3 Å². The molecule has 78 valence electrons. The zero-order chi connectivity index (χ0) is 10.5. The zero-order valence-corrected chi connectivity index (χ0v) is 8.94. The highest BCUT2D eigenvalue weighted by Crippen LogP contribution is 2.44. The van der Waals surface area contributed by atoms with Gasteiger partial charge in [0, 0.05) is 10.8 Å². The second-order valence-corrected chi connectivity index (χ2v) is 4.60. The second kappa shape index (κ2) is 2.88. The van der Waals surface area contributed by atoms with E-state index in [0.29, 0.717) is 0 Å². The fourth-order valence-electron chi connectivity index (χ4n) is 2.48. The lowest BCUT2D eigenvalue weighted by Crippen LogP contribution is -1.78. The van der Waals surface area contributed by atoms with Gasteiger partial charge in [0.25, 0.3) is 0 Å². The maximum absolute atomic E-state index is 5.98. The molecule has 1 aromatic heterocycles. The highest BCUT2D eigenvalue weighted by Gasteiger charge is 2.26. The van der Waals surface area contributed by atoms with E-state index < -0.39 is 0 Å². The summed E-state index contributed by atoms with van der Waals surface area (Å²) >= 11 is 0. The normalized spacial score (nSPS) is 16.0. The van der Waals surface area contributed by atoms with Crippen LogP contribution < -0.4 is 0 Å². The van der Waals surface area contributed by atoms with Crippen molar-refractivity contribution in [2.45, 2.75) is 18.8 Å². The molecular weight excluding hydrogens is 196 g/mol. The molecule has 0 N–H and O–H groups in total. The van der Waals surface area contributed by atoms with E-state index >= 15 is 0 Å². The topological polar surface area (TPSA) is 13.1 Å². The van der Waals surface area contributed by atoms with E-state index in [0.717, 1.165) is 17.1 Å². The highest BCUT2D eigenvalue weighted by atomic mass is 16.3. The monoisotopic (exact) mass is 208 g/mol. The van der Waals surface area contributed by atoms with Gasteiger partial charge >= 0.3 is 0 Å². The van der Waals surface area contributed by atoms with Gasteiger partial charge in [0.15, 0.2) is 0 Å². The lowest BCUT2D eigenvalue weighted by molar-refractivity contribution is 0.663. The van der Waals surface area contributed by atoms with Crippen LogP contribution in [0.5, 0.6) is 0 Å². The highest BCUT2D eigenvalue weighted by molar-refractivity contribution is 6.05. The van der Waals surface area contributed by atoms with Crippen LogP contribution >= 0.6 is 0 Å². The maximum Gasteiger partial charge on any atom is 0.138 e. The molecule has 1 fully saturated rings. The Morgan fingerprint density at radius 2 is 1.69 bits per heavy atom. The summed E-state index contributed by atoms with van der Waals surface area (Å²) in [5, 5.41) is 2.50. The minimum Gasteiger partial charge on any atom is -0.456 e. The van der Waals surface area contributed by atoms with Gasteiger partial charge < -0.3 is 4.42 Å². The number of rotatable bonds is 1. The Kier molecular flexibility index (Phi) is 1.51. The van der Waals surface area contributed by atoms with Gasteiger partial charge in [-0.3, -0.25) is 0 Å². The number of hydrogen-bond donors (Lipinski definition) is 0. The molecule has 3 aromatic rings. The van der Waals surface area contributed by atoms with Gasteiger partial charge in [0.1, 0.15) is 11.2 Å². The Labute approximate surface area is 93.7 Å². The summed E-state index contributed by atoms with van der Waals surface area (Å²) in [4.78, 5) is 0. The molecule has 0 unspecified atom stereocenters. The first-order valence-corrected chi connectivity index (χ1v) is 5.83. The van der Waals surface area contributed by atoms with Crippen molar-refractivity contribution >= 4 is 21.9 Å². The molecule has 0 radical (unpaired) electrons. The van der Waals surface area contributed by atoms with E-state index in [1.54, 1.807) is 0 Å². The average molecular weight is 208 g/mol. The van der Waals surface area contributed by atoms with Crippen LogP contribution in [0.4, 0.5) is 0 Å². The maximum atomic E-state index is 5.98. The van der Waals surface area contributed by atoms with E-state index in [2.05, 4.69) is 30.3 Å². The number of hydrogen-bond acceptors (Lipinski definition) is 1. The summed E-state index contributed by atoms with van der Waals surface area (Å²) < 4.78 is 5.98. The quantitative estimate of drug-likeness (QED) is 0.575. The summed E-state index contributed by atoms with van der Waals surface area (Å²) in [6, 6.07) is 14.8. The number of para-hydroxylation sites is 2. The molecule has 0 amide bonds. The van der Waals surface area contributed by atoms with Crippen molar-refractivity contribution in [3.05, 3.63) is 48.0 Å². The smallest absolute Gasteiger partial charge is 0.138 e.